The van der Waals surface area contributed by atoms with Crippen LogP contribution >= 0.6 is 0 Å². The average molecular weight is 194 g/mol. The molecule has 0 bridgehead atoms. The van der Waals surface area contributed by atoms with Crippen molar-refractivity contribution < 1.29 is 0 Å². The average Bonchev–Trinajstić information content (AvgIpc) is 2.22. The lowest BCUT2D eigenvalue weighted by molar-refractivity contribution is 0.798. The van der Waals surface area contributed by atoms with Crippen molar-refractivity contribution in [2.45, 2.75) is 26.7 Å². The van der Waals surface area contributed by atoms with Gasteiger partial charge in [-0.2, -0.15) is 0 Å². The SMILES string of the molecule is C/C=C(\C/C=C/CC)C(C=NC)CN. The molecule has 0 amide bonds. The highest BCUT2D eigenvalue weighted by Crippen LogP contribution is 2.13. The number of hydrogen-bond donors (Lipinski definition) is 1. The van der Waals surface area contributed by atoms with Crippen molar-refractivity contribution in [1.29, 1.82) is 0 Å². The van der Waals surface area contributed by atoms with Crippen LogP contribution < -0.4 is 5.73 Å². The van der Waals surface area contributed by atoms with Crippen LogP contribution in [0.5, 0.6) is 0 Å². The highest BCUT2D eigenvalue weighted by molar-refractivity contribution is 5.65. The Labute approximate surface area is 87.6 Å². The Morgan fingerprint density at radius 1 is 1.43 bits per heavy atom. The van der Waals surface area contributed by atoms with Gasteiger partial charge >= 0.3 is 0 Å². The van der Waals surface area contributed by atoms with Crippen molar-refractivity contribution in [3.63, 3.8) is 0 Å². The third kappa shape index (κ3) is 4.97. The van der Waals surface area contributed by atoms with Crippen molar-refractivity contribution in [3.8, 4) is 0 Å². The van der Waals surface area contributed by atoms with Crippen molar-refractivity contribution in [1.82, 2.24) is 0 Å². The first-order chi connectivity index (χ1) is 6.79. The standard InChI is InChI=1S/C12H22N2/c1-4-6-7-8-11(5-2)12(9-13)10-14-3/h5-7,10,12H,4,8-9,13H2,1-3H3/b7-6+,11-5+,14-10?. The Hall–Kier alpha value is -0.890. The molecule has 0 aromatic carbocycles. The van der Waals surface area contributed by atoms with E-state index in [4.69, 9.17) is 5.73 Å². The maximum atomic E-state index is 5.68. The molecule has 0 aliphatic heterocycles. The molecule has 0 rings (SSSR count). The first-order valence-corrected chi connectivity index (χ1v) is 5.22. The van der Waals surface area contributed by atoms with E-state index < -0.39 is 0 Å². The molecule has 0 aromatic rings. The fourth-order valence-electron chi connectivity index (χ4n) is 1.36. The minimum atomic E-state index is 0.298. The molecule has 1 atom stereocenters. The van der Waals surface area contributed by atoms with Crippen molar-refractivity contribution in [3.05, 3.63) is 23.8 Å². The molecule has 14 heavy (non-hydrogen) atoms. The number of hydrogen-bond acceptors (Lipinski definition) is 2. The summed E-state index contributed by atoms with van der Waals surface area (Å²) in [6.45, 7) is 4.83. The largest absolute Gasteiger partial charge is 0.330 e. The molecule has 2 heteroatoms. The molecule has 0 heterocycles. The van der Waals surface area contributed by atoms with Crippen LogP contribution in [-0.4, -0.2) is 19.8 Å². The molecule has 2 N–H and O–H groups in total. The van der Waals surface area contributed by atoms with Crippen LogP contribution in [0.2, 0.25) is 0 Å². The quantitative estimate of drug-likeness (QED) is 0.512. The van der Waals surface area contributed by atoms with E-state index >= 15 is 0 Å². The van der Waals surface area contributed by atoms with Gasteiger partial charge in [0.05, 0.1) is 0 Å². The molecule has 0 aliphatic carbocycles. The monoisotopic (exact) mass is 194 g/mol. The van der Waals surface area contributed by atoms with Gasteiger partial charge in [-0.15, -0.1) is 0 Å². The molecule has 0 radical (unpaired) electrons. The van der Waals surface area contributed by atoms with E-state index in [1.54, 1.807) is 7.05 Å². The second-order valence-electron chi connectivity index (χ2n) is 3.20. The predicted octanol–water partition coefficient (Wildman–Crippen LogP) is 2.56. The number of nitrogens with two attached hydrogens (primary N) is 1. The molecule has 0 saturated carbocycles. The summed E-state index contributed by atoms with van der Waals surface area (Å²) >= 11 is 0. The van der Waals surface area contributed by atoms with E-state index in [1.807, 2.05) is 6.21 Å². The van der Waals surface area contributed by atoms with Crippen LogP contribution in [0.25, 0.3) is 0 Å². The van der Waals surface area contributed by atoms with Gasteiger partial charge in [0, 0.05) is 25.7 Å². The molecule has 0 aliphatic rings. The van der Waals surface area contributed by atoms with E-state index in [1.165, 1.54) is 5.57 Å². The molecule has 0 spiro atoms. The maximum absolute atomic E-state index is 5.68. The summed E-state index contributed by atoms with van der Waals surface area (Å²) in [4.78, 5) is 4.03. The molecule has 0 saturated heterocycles. The van der Waals surface area contributed by atoms with Gasteiger partial charge in [0.1, 0.15) is 0 Å². The minimum absolute atomic E-state index is 0.298. The Kier molecular flexibility index (Phi) is 8.14. The zero-order valence-corrected chi connectivity index (χ0v) is 9.53. The van der Waals surface area contributed by atoms with Crippen LogP contribution in [0, 0.1) is 5.92 Å². The van der Waals surface area contributed by atoms with Crippen LogP contribution in [0.3, 0.4) is 0 Å². The fraction of sp³-hybridized carbons (Fsp3) is 0.583. The summed E-state index contributed by atoms with van der Waals surface area (Å²) in [5.74, 6) is 0.298. The van der Waals surface area contributed by atoms with Crippen LogP contribution in [0.1, 0.15) is 26.7 Å². The Morgan fingerprint density at radius 3 is 2.57 bits per heavy atom. The van der Waals surface area contributed by atoms with Gasteiger partial charge in [0.15, 0.2) is 0 Å². The molecule has 1 unspecified atom stereocenters. The number of rotatable bonds is 6. The van der Waals surface area contributed by atoms with E-state index in [2.05, 4.69) is 37.1 Å². The highest BCUT2D eigenvalue weighted by Gasteiger charge is 2.06. The lowest BCUT2D eigenvalue weighted by atomic mass is 9.97. The van der Waals surface area contributed by atoms with Crippen LogP contribution in [0.15, 0.2) is 28.8 Å². The smallest absolute Gasteiger partial charge is 0.0273 e. The predicted molar refractivity (Wildman–Crippen MR) is 64.8 cm³/mol. The van der Waals surface area contributed by atoms with E-state index in [0.29, 0.717) is 12.5 Å². The summed E-state index contributed by atoms with van der Waals surface area (Å²) in [6.07, 6.45) is 10.5. The lowest BCUT2D eigenvalue weighted by Gasteiger charge is -2.12. The Balaban J connectivity index is 4.31. The summed E-state index contributed by atoms with van der Waals surface area (Å²) in [7, 11) is 1.79. The molecule has 0 fully saturated rings. The fourth-order valence-corrected chi connectivity index (χ4v) is 1.36. The zero-order chi connectivity index (χ0) is 10.8. The summed E-state index contributed by atoms with van der Waals surface area (Å²) < 4.78 is 0. The van der Waals surface area contributed by atoms with Crippen molar-refractivity contribution in [2.24, 2.45) is 16.6 Å². The van der Waals surface area contributed by atoms with Gasteiger partial charge in [-0.1, -0.05) is 30.7 Å². The van der Waals surface area contributed by atoms with E-state index in [9.17, 15) is 0 Å². The molecule has 0 aromatic heterocycles. The zero-order valence-electron chi connectivity index (χ0n) is 9.53. The van der Waals surface area contributed by atoms with E-state index in [-0.39, 0.29) is 0 Å². The Morgan fingerprint density at radius 2 is 2.14 bits per heavy atom. The normalized spacial score (nSPS) is 15.6. The van der Waals surface area contributed by atoms with Crippen molar-refractivity contribution >= 4 is 6.21 Å². The van der Waals surface area contributed by atoms with Crippen molar-refractivity contribution in [2.75, 3.05) is 13.6 Å². The first kappa shape index (κ1) is 13.1. The second-order valence-corrected chi connectivity index (χ2v) is 3.20. The second kappa shape index (κ2) is 8.70. The first-order valence-electron chi connectivity index (χ1n) is 5.22. The third-order valence-corrected chi connectivity index (χ3v) is 2.19. The topological polar surface area (TPSA) is 38.4 Å². The van der Waals surface area contributed by atoms with E-state index in [0.717, 1.165) is 12.8 Å². The van der Waals surface area contributed by atoms with Crippen LogP contribution in [0.4, 0.5) is 0 Å². The Bertz CT molecular complexity index is 214. The molecular formula is C12H22N2. The van der Waals surface area contributed by atoms with Gasteiger partial charge in [-0.25, -0.2) is 0 Å². The summed E-state index contributed by atoms with van der Waals surface area (Å²) in [5.41, 5.74) is 7.03. The summed E-state index contributed by atoms with van der Waals surface area (Å²) in [6, 6.07) is 0. The number of nitrogens with zero attached hydrogens (tertiary/aromatic N) is 1. The lowest BCUT2D eigenvalue weighted by Crippen LogP contribution is -2.17. The van der Waals surface area contributed by atoms with Gasteiger partial charge < -0.3 is 10.7 Å². The summed E-state index contributed by atoms with van der Waals surface area (Å²) in [5, 5.41) is 0. The molecular weight excluding hydrogens is 172 g/mol. The van der Waals surface area contributed by atoms with Gasteiger partial charge in [-0.3, -0.25) is 0 Å². The number of aliphatic imine (C=N–C) groups is 1. The minimum Gasteiger partial charge on any atom is -0.330 e. The van der Waals surface area contributed by atoms with Gasteiger partial charge in [-0.05, 0) is 19.8 Å². The third-order valence-electron chi connectivity index (χ3n) is 2.19. The molecule has 80 valence electrons. The number of allylic oxidation sites excluding steroid dienone is 3. The molecule has 2 nitrogen and oxygen atoms in total. The van der Waals surface area contributed by atoms with Gasteiger partial charge in [0.2, 0.25) is 0 Å². The van der Waals surface area contributed by atoms with Gasteiger partial charge in [0.25, 0.3) is 0 Å². The highest BCUT2D eigenvalue weighted by atomic mass is 14.7. The maximum Gasteiger partial charge on any atom is 0.0273 e. The van der Waals surface area contributed by atoms with Crippen LogP contribution in [-0.2, 0) is 0 Å².